The highest BCUT2D eigenvalue weighted by molar-refractivity contribution is 6.01. The van der Waals surface area contributed by atoms with Gasteiger partial charge in [-0.25, -0.2) is 4.79 Å². The molecule has 0 aromatic heterocycles. The van der Waals surface area contributed by atoms with Gasteiger partial charge < -0.3 is 5.73 Å². The number of hydrogen-bond acceptors (Lipinski definition) is 3. The molecular weight excluding hydrogens is 158 g/mol. The largest absolute Gasteiger partial charge is 0.325 e. The molecule has 68 valence electrons. The Bertz CT molecular complexity index is 205. The van der Waals surface area contributed by atoms with Crippen molar-refractivity contribution in [3.05, 3.63) is 0 Å². The minimum absolute atomic E-state index is 0.0972. The molecule has 12 heavy (non-hydrogen) atoms. The Morgan fingerprint density at radius 2 is 2.33 bits per heavy atom. The molecule has 1 atom stereocenters. The molecule has 1 saturated heterocycles. The van der Waals surface area contributed by atoms with Crippen molar-refractivity contribution >= 4 is 11.9 Å². The summed E-state index contributed by atoms with van der Waals surface area (Å²) in [5.41, 5.74) is 5.65. The molecule has 3 amide bonds. The Morgan fingerprint density at radius 1 is 1.67 bits per heavy atom. The zero-order valence-corrected chi connectivity index (χ0v) is 7.04. The molecule has 1 heterocycles. The van der Waals surface area contributed by atoms with Crippen molar-refractivity contribution in [3.63, 3.8) is 0 Å². The fraction of sp³-hybridized carbons (Fsp3) is 0.714. The molecule has 5 heteroatoms. The monoisotopic (exact) mass is 171 g/mol. The van der Waals surface area contributed by atoms with E-state index in [9.17, 15) is 9.59 Å². The number of rotatable bonds is 3. The van der Waals surface area contributed by atoms with Crippen LogP contribution in [0.1, 0.15) is 19.8 Å². The quantitative estimate of drug-likeness (QED) is 0.568. The van der Waals surface area contributed by atoms with Crippen LogP contribution in [0.25, 0.3) is 0 Å². The summed E-state index contributed by atoms with van der Waals surface area (Å²) in [4.78, 5) is 23.1. The van der Waals surface area contributed by atoms with E-state index in [-0.39, 0.29) is 24.6 Å². The predicted octanol–water partition coefficient (Wildman–Crippen LogP) is -0.377. The van der Waals surface area contributed by atoms with Crippen LogP contribution >= 0.6 is 0 Å². The van der Waals surface area contributed by atoms with Crippen molar-refractivity contribution in [2.24, 2.45) is 5.73 Å². The zero-order valence-electron chi connectivity index (χ0n) is 7.04. The van der Waals surface area contributed by atoms with Gasteiger partial charge in [0, 0.05) is 0 Å². The third-order valence-electron chi connectivity index (χ3n) is 1.81. The normalized spacial score (nSPS) is 19.7. The minimum Gasteiger partial charge on any atom is -0.311 e. The van der Waals surface area contributed by atoms with E-state index >= 15 is 0 Å². The Labute approximate surface area is 70.9 Å². The van der Waals surface area contributed by atoms with Crippen LogP contribution in [0.2, 0.25) is 0 Å². The standard InChI is InChI=1S/C7H13N3O2/c1-2-3-5(8)10-4-6(11)9-7(10)12/h5H,2-4,8H2,1H3,(H,9,11,12). The number of carbonyl (C=O) groups is 2. The zero-order chi connectivity index (χ0) is 9.14. The second-order valence-corrected chi connectivity index (χ2v) is 2.84. The number of imide groups is 1. The highest BCUT2D eigenvalue weighted by Gasteiger charge is 2.30. The van der Waals surface area contributed by atoms with Gasteiger partial charge in [-0.3, -0.25) is 15.0 Å². The number of nitrogens with zero attached hydrogens (tertiary/aromatic N) is 1. The first-order valence-corrected chi connectivity index (χ1v) is 4.01. The van der Waals surface area contributed by atoms with Crippen molar-refractivity contribution in [1.82, 2.24) is 10.2 Å². The molecule has 0 aliphatic carbocycles. The third kappa shape index (κ3) is 1.73. The van der Waals surface area contributed by atoms with Crippen molar-refractivity contribution in [2.75, 3.05) is 6.54 Å². The maximum atomic E-state index is 11.0. The molecule has 0 spiro atoms. The number of nitrogens with two attached hydrogens (primary N) is 1. The maximum absolute atomic E-state index is 11.0. The van der Waals surface area contributed by atoms with E-state index in [1.165, 1.54) is 4.90 Å². The summed E-state index contributed by atoms with van der Waals surface area (Å²) in [6, 6.07) is -0.374. The fourth-order valence-electron chi connectivity index (χ4n) is 1.18. The SMILES string of the molecule is CCCC(N)N1CC(=O)NC1=O. The molecule has 1 aliphatic rings. The molecule has 0 radical (unpaired) electrons. The fourth-order valence-corrected chi connectivity index (χ4v) is 1.18. The predicted molar refractivity (Wildman–Crippen MR) is 43.1 cm³/mol. The van der Waals surface area contributed by atoms with E-state index < -0.39 is 0 Å². The summed E-state index contributed by atoms with van der Waals surface area (Å²) in [6.45, 7) is 2.08. The van der Waals surface area contributed by atoms with E-state index in [0.29, 0.717) is 0 Å². The van der Waals surface area contributed by atoms with Gasteiger partial charge in [-0.1, -0.05) is 13.3 Å². The van der Waals surface area contributed by atoms with Crippen LogP contribution in [-0.4, -0.2) is 29.5 Å². The van der Waals surface area contributed by atoms with Gasteiger partial charge in [0.1, 0.15) is 6.54 Å². The molecule has 0 saturated carbocycles. The van der Waals surface area contributed by atoms with Crippen molar-refractivity contribution < 1.29 is 9.59 Å². The third-order valence-corrected chi connectivity index (χ3v) is 1.81. The van der Waals surface area contributed by atoms with Crippen molar-refractivity contribution in [3.8, 4) is 0 Å². The molecule has 0 aromatic rings. The topological polar surface area (TPSA) is 75.4 Å². The van der Waals surface area contributed by atoms with Crippen LogP contribution in [0, 0.1) is 0 Å². The maximum Gasteiger partial charge on any atom is 0.325 e. The molecule has 1 aliphatic heterocycles. The minimum atomic E-state index is -0.374. The van der Waals surface area contributed by atoms with Crippen LogP contribution in [0.5, 0.6) is 0 Å². The van der Waals surface area contributed by atoms with E-state index in [4.69, 9.17) is 5.73 Å². The molecular formula is C7H13N3O2. The summed E-state index contributed by atoms with van der Waals surface area (Å²) >= 11 is 0. The van der Waals surface area contributed by atoms with Gasteiger partial charge in [-0.15, -0.1) is 0 Å². The van der Waals surface area contributed by atoms with Gasteiger partial charge in [0.05, 0.1) is 6.17 Å². The molecule has 3 N–H and O–H groups in total. The Morgan fingerprint density at radius 3 is 2.75 bits per heavy atom. The second kappa shape index (κ2) is 3.53. The average molecular weight is 171 g/mol. The smallest absolute Gasteiger partial charge is 0.311 e. The number of hydrogen-bond donors (Lipinski definition) is 2. The first kappa shape index (κ1) is 8.99. The van der Waals surface area contributed by atoms with Crippen LogP contribution < -0.4 is 11.1 Å². The summed E-state index contributed by atoms with van der Waals surface area (Å²) in [5.74, 6) is -0.272. The van der Waals surface area contributed by atoms with Crippen LogP contribution in [0.3, 0.4) is 0 Å². The lowest BCUT2D eigenvalue weighted by Crippen LogP contribution is -2.43. The van der Waals surface area contributed by atoms with Gasteiger partial charge in [-0.05, 0) is 6.42 Å². The van der Waals surface area contributed by atoms with Gasteiger partial charge >= 0.3 is 6.03 Å². The highest BCUT2D eigenvalue weighted by Crippen LogP contribution is 2.05. The highest BCUT2D eigenvalue weighted by atomic mass is 16.2. The average Bonchev–Trinajstić information content (AvgIpc) is 2.30. The van der Waals surface area contributed by atoms with Gasteiger partial charge in [0.25, 0.3) is 0 Å². The van der Waals surface area contributed by atoms with Crippen LogP contribution in [0.4, 0.5) is 4.79 Å². The van der Waals surface area contributed by atoms with E-state index in [1.807, 2.05) is 6.92 Å². The number of urea groups is 1. The second-order valence-electron chi connectivity index (χ2n) is 2.84. The number of nitrogens with one attached hydrogen (secondary N) is 1. The molecule has 0 aromatic carbocycles. The molecule has 0 bridgehead atoms. The lowest BCUT2D eigenvalue weighted by Gasteiger charge is -2.20. The number of amides is 3. The van der Waals surface area contributed by atoms with Crippen molar-refractivity contribution in [1.29, 1.82) is 0 Å². The van der Waals surface area contributed by atoms with E-state index in [0.717, 1.165) is 12.8 Å². The van der Waals surface area contributed by atoms with Gasteiger partial charge in [-0.2, -0.15) is 0 Å². The van der Waals surface area contributed by atoms with Gasteiger partial charge in [0.2, 0.25) is 5.91 Å². The van der Waals surface area contributed by atoms with Crippen molar-refractivity contribution in [2.45, 2.75) is 25.9 Å². The van der Waals surface area contributed by atoms with E-state index in [2.05, 4.69) is 5.32 Å². The summed E-state index contributed by atoms with van der Waals surface area (Å²) in [5, 5.41) is 2.17. The van der Waals surface area contributed by atoms with Crippen LogP contribution in [-0.2, 0) is 4.79 Å². The molecule has 5 nitrogen and oxygen atoms in total. The molecule has 1 fully saturated rings. The Kier molecular flexibility index (Phi) is 2.65. The Hall–Kier alpha value is -1.10. The first-order valence-electron chi connectivity index (χ1n) is 4.01. The lowest BCUT2D eigenvalue weighted by molar-refractivity contribution is -0.118. The summed E-state index contributed by atoms with van der Waals surface area (Å²) < 4.78 is 0. The van der Waals surface area contributed by atoms with Gasteiger partial charge in [0.15, 0.2) is 0 Å². The molecule has 1 rings (SSSR count). The first-order chi connectivity index (χ1) is 5.65. The molecule has 1 unspecified atom stereocenters. The number of carbonyl (C=O) groups excluding carboxylic acids is 2. The van der Waals surface area contributed by atoms with E-state index in [1.54, 1.807) is 0 Å². The summed E-state index contributed by atoms with van der Waals surface area (Å²) in [7, 11) is 0. The van der Waals surface area contributed by atoms with Crippen LogP contribution in [0.15, 0.2) is 0 Å². The Balaban J connectivity index is 2.51. The lowest BCUT2D eigenvalue weighted by atomic mass is 10.2. The summed E-state index contributed by atoms with van der Waals surface area (Å²) in [6.07, 6.45) is 1.29.